The smallest absolute Gasteiger partial charge is 0.310 e. The molecule has 0 aromatic heterocycles. The second-order valence-corrected chi connectivity index (χ2v) is 5.36. The van der Waals surface area contributed by atoms with Gasteiger partial charge >= 0.3 is 5.97 Å². The zero-order valence-corrected chi connectivity index (χ0v) is 9.47. The van der Waals surface area contributed by atoms with Crippen LogP contribution in [0.4, 0.5) is 0 Å². The summed E-state index contributed by atoms with van der Waals surface area (Å²) in [6.07, 6.45) is -0.000278. The Morgan fingerprint density at radius 3 is 1.77 bits per heavy atom. The molecule has 0 aliphatic heterocycles. The summed E-state index contributed by atoms with van der Waals surface area (Å²) < 4.78 is 5.21. The van der Waals surface area contributed by atoms with E-state index in [4.69, 9.17) is 4.74 Å². The minimum Gasteiger partial charge on any atom is -0.463 e. The molecule has 1 fully saturated rings. The molecule has 0 aromatic carbocycles. The zero-order chi connectivity index (χ0) is 10.4. The summed E-state index contributed by atoms with van der Waals surface area (Å²) in [6.45, 7) is 12.3. The van der Waals surface area contributed by atoms with Crippen molar-refractivity contribution < 1.29 is 9.53 Å². The van der Waals surface area contributed by atoms with Crippen molar-refractivity contribution in [3.63, 3.8) is 0 Å². The van der Waals surface area contributed by atoms with E-state index in [-0.39, 0.29) is 28.8 Å². The van der Waals surface area contributed by atoms with Crippen molar-refractivity contribution in [3.05, 3.63) is 0 Å². The Hall–Kier alpha value is -0.530. The number of rotatable bonds is 2. The molecule has 2 nitrogen and oxygen atoms in total. The van der Waals surface area contributed by atoms with Crippen LogP contribution in [0.15, 0.2) is 0 Å². The van der Waals surface area contributed by atoms with Crippen molar-refractivity contribution in [1.29, 1.82) is 0 Å². The molecule has 1 saturated carbocycles. The van der Waals surface area contributed by atoms with Crippen LogP contribution >= 0.6 is 0 Å². The van der Waals surface area contributed by atoms with Crippen LogP contribution in [0.1, 0.15) is 41.5 Å². The van der Waals surface area contributed by atoms with Gasteiger partial charge in [0.2, 0.25) is 0 Å². The lowest BCUT2D eigenvalue weighted by Gasteiger charge is -2.08. The molecule has 76 valence electrons. The van der Waals surface area contributed by atoms with Crippen LogP contribution in [0.3, 0.4) is 0 Å². The standard InChI is InChI=1S/C11H20O2/c1-7(2)13-9(12)8-10(3,4)11(8,5)6/h7-8H,1-6H3. The summed E-state index contributed by atoms with van der Waals surface area (Å²) in [4.78, 5) is 11.6. The molecule has 0 saturated heterocycles. The highest BCUT2D eigenvalue weighted by atomic mass is 16.5. The molecule has 2 heteroatoms. The predicted molar refractivity (Wildman–Crippen MR) is 52.3 cm³/mol. The molecular weight excluding hydrogens is 164 g/mol. The molecule has 0 radical (unpaired) electrons. The van der Waals surface area contributed by atoms with Crippen LogP contribution in [0, 0.1) is 16.7 Å². The number of hydrogen-bond donors (Lipinski definition) is 0. The number of carbonyl (C=O) groups excluding carboxylic acids is 1. The first kappa shape index (κ1) is 10.6. The Morgan fingerprint density at radius 1 is 1.15 bits per heavy atom. The Kier molecular flexibility index (Phi) is 2.21. The molecule has 0 heterocycles. The third-order valence-electron chi connectivity index (χ3n) is 3.61. The van der Waals surface area contributed by atoms with E-state index in [9.17, 15) is 4.79 Å². The first-order chi connectivity index (χ1) is 5.71. The SMILES string of the molecule is CC(C)OC(=O)C1C(C)(C)C1(C)C. The fourth-order valence-corrected chi connectivity index (χ4v) is 2.09. The van der Waals surface area contributed by atoms with Gasteiger partial charge in [0.15, 0.2) is 0 Å². The lowest BCUT2D eigenvalue weighted by atomic mass is 10.0. The molecule has 0 amide bonds. The minimum absolute atomic E-state index is 0.000278. The van der Waals surface area contributed by atoms with Crippen LogP contribution in [0.25, 0.3) is 0 Å². The lowest BCUT2D eigenvalue weighted by molar-refractivity contribution is -0.150. The van der Waals surface area contributed by atoms with Gasteiger partial charge in [-0.1, -0.05) is 27.7 Å². The molecule has 0 unspecified atom stereocenters. The van der Waals surface area contributed by atoms with Crippen molar-refractivity contribution in [2.24, 2.45) is 16.7 Å². The average molecular weight is 184 g/mol. The molecule has 0 aromatic rings. The van der Waals surface area contributed by atoms with Crippen LogP contribution in [-0.4, -0.2) is 12.1 Å². The topological polar surface area (TPSA) is 26.3 Å². The molecule has 0 bridgehead atoms. The van der Waals surface area contributed by atoms with E-state index in [0.717, 1.165) is 0 Å². The van der Waals surface area contributed by atoms with Gasteiger partial charge in [0.1, 0.15) is 0 Å². The van der Waals surface area contributed by atoms with E-state index in [2.05, 4.69) is 27.7 Å². The first-order valence-electron chi connectivity index (χ1n) is 4.91. The monoisotopic (exact) mass is 184 g/mol. The van der Waals surface area contributed by atoms with Crippen molar-refractivity contribution in [3.8, 4) is 0 Å². The molecule has 1 aliphatic carbocycles. The second kappa shape index (κ2) is 2.73. The summed E-state index contributed by atoms with van der Waals surface area (Å²) in [7, 11) is 0. The molecule has 13 heavy (non-hydrogen) atoms. The van der Waals surface area contributed by atoms with E-state index in [0.29, 0.717) is 0 Å². The van der Waals surface area contributed by atoms with Gasteiger partial charge in [0.05, 0.1) is 12.0 Å². The maximum absolute atomic E-state index is 11.6. The Morgan fingerprint density at radius 2 is 1.54 bits per heavy atom. The quantitative estimate of drug-likeness (QED) is 0.617. The highest BCUT2D eigenvalue weighted by molar-refractivity contribution is 5.78. The predicted octanol–water partition coefficient (Wildman–Crippen LogP) is 2.62. The molecular formula is C11H20O2. The number of hydrogen-bond acceptors (Lipinski definition) is 2. The van der Waals surface area contributed by atoms with E-state index in [1.807, 2.05) is 13.8 Å². The first-order valence-corrected chi connectivity index (χ1v) is 4.91. The summed E-state index contributed by atoms with van der Waals surface area (Å²) in [6, 6.07) is 0. The minimum atomic E-state index is -0.0370. The Labute approximate surface area is 80.7 Å². The largest absolute Gasteiger partial charge is 0.463 e. The van der Waals surface area contributed by atoms with Gasteiger partial charge in [0, 0.05) is 0 Å². The van der Waals surface area contributed by atoms with Crippen molar-refractivity contribution in [2.75, 3.05) is 0 Å². The maximum Gasteiger partial charge on any atom is 0.310 e. The molecule has 1 rings (SSSR count). The number of carbonyl (C=O) groups is 1. The van der Waals surface area contributed by atoms with Crippen LogP contribution < -0.4 is 0 Å². The summed E-state index contributed by atoms with van der Waals surface area (Å²) in [5.74, 6) is 0.0346. The van der Waals surface area contributed by atoms with Gasteiger partial charge in [-0.2, -0.15) is 0 Å². The molecule has 0 atom stereocenters. The van der Waals surface area contributed by atoms with Gasteiger partial charge < -0.3 is 4.74 Å². The van der Waals surface area contributed by atoms with Crippen molar-refractivity contribution in [2.45, 2.75) is 47.6 Å². The van der Waals surface area contributed by atoms with E-state index in [1.165, 1.54) is 0 Å². The molecule has 0 spiro atoms. The molecule has 0 N–H and O–H groups in total. The summed E-state index contributed by atoms with van der Waals surface area (Å²) in [5.41, 5.74) is 0.192. The van der Waals surface area contributed by atoms with Crippen LogP contribution in [0.5, 0.6) is 0 Å². The van der Waals surface area contributed by atoms with Gasteiger partial charge in [-0.05, 0) is 24.7 Å². The summed E-state index contributed by atoms with van der Waals surface area (Å²) >= 11 is 0. The van der Waals surface area contributed by atoms with Crippen LogP contribution in [0.2, 0.25) is 0 Å². The highest BCUT2D eigenvalue weighted by Gasteiger charge is 2.69. The maximum atomic E-state index is 11.6. The second-order valence-electron chi connectivity index (χ2n) is 5.36. The lowest BCUT2D eigenvalue weighted by Crippen LogP contribution is -2.16. The number of esters is 1. The zero-order valence-electron chi connectivity index (χ0n) is 9.47. The number of ether oxygens (including phenoxy) is 1. The van der Waals surface area contributed by atoms with E-state index < -0.39 is 0 Å². The fraction of sp³-hybridized carbons (Fsp3) is 0.909. The van der Waals surface area contributed by atoms with Gasteiger partial charge in [-0.25, -0.2) is 0 Å². The van der Waals surface area contributed by atoms with E-state index in [1.54, 1.807) is 0 Å². The normalized spacial score (nSPS) is 24.5. The Bertz CT molecular complexity index is 212. The van der Waals surface area contributed by atoms with Gasteiger partial charge in [-0.15, -0.1) is 0 Å². The van der Waals surface area contributed by atoms with Crippen LogP contribution in [-0.2, 0) is 9.53 Å². The van der Waals surface area contributed by atoms with E-state index >= 15 is 0 Å². The third kappa shape index (κ3) is 1.47. The fourth-order valence-electron chi connectivity index (χ4n) is 2.09. The Balaban J connectivity index is 2.63. The van der Waals surface area contributed by atoms with Gasteiger partial charge in [-0.3, -0.25) is 4.79 Å². The highest BCUT2D eigenvalue weighted by Crippen LogP contribution is 2.68. The van der Waals surface area contributed by atoms with Crippen molar-refractivity contribution in [1.82, 2.24) is 0 Å². The van der Waals surface area contributed by atoms with Crippen molar-refractivity contribution >= 4 is 5.97 Å². The third-order valence-corrected chi connectivity index (χ3v) is 3.61. The average Bonchev–Trinajstić information content (AvgIpc) is 2.20. The summed E-state index contributed by atoms with van der Waals surface area (Å²) in [5, 5.41) is 0. The van der Waals surface area contributed by atoms with Gasteiger partial charge in [0.25, 0.3) is 0 Å². The molecule has 1 aliphatic rings.